The van der Waals surface area contributed by atoms with E-state index in [9.17, 15) is 29.1 Å². The lowest BCUT2D eigenvalue weighted by Crippen LogP contribution is -2.46. The second kappa shape index (κ2) is 10.4. The first-order chi connectivity index (χ1) is 21.9. The number of hydrogen-bond acceptors (Lipinski definition) is 18. The molecule has 246 valence electrons. The summed E-state index contributed by atoms with van der Waals surface area (Å²) in [4.78, 5) is 34.2. The van der Waals surface area contributed by atoms with Crippen molar-refractivity contribution in [2.24, 2.45) is 27.4 Å². The van der Waals surface area contributed by atoms with Gasteiger partial charge in [0.05, 0.1) is 42.8 Å². The van der Waals surface area contributed by atoms with Crippen molar-refractivity contribution in [3.63, 3.8) is 0 Å². The zero-order valence-electron chi connectivity index (χ0n) is 23.3. The molecular formula is C22H27N11O11P2. The summed E-state index contributed by atoms with van der Waals surface area (Å²) in [6.07, 6.45) is -2.80. The number of hydrogen-bond donors (Lipinski definition) is 7. The lowest BCUT2D eigenvalue weighted by molar-refractivity contribution is -0.0741. The Morgan fingerprint density at radius 3 is 2.67 bits per heavy atom. The summed E-state index contributed by atoms with van der Waals surface area (Å²) in [7, 11) is -10.1. The van der Waals surface area contributed by atoms with E-state index in [0.29, 0.717) is 5.56 Å². The third kappa shape index (κ3) is 4.49. The number of allylic oxidation sites excluding steroid dienone is 1. The lowest BCUT2D eigenvalue weighted by atomic mass is 9.68. The van der Waals surface area contributed by atoms with Gasteiger partial charge >= 0.3 is 15.6 Å². The summed E-state index contributed by atoms with van der Waals surface area (Å²) in [5, 5.41) is 34.4. The molecule has 2 aliphatic carbocycles. The molecule has 0 amide bonds. The third-order valence-corrected chi connectivity index (χ3v) is 10.9. The van der Waals surface area contributed by atoms with Gasteiger partial charge in [-0.2, -0.15) is 5.10 Å². The number of fused-ring (bicyclic) bond motifs is 4. The average Bonchev–Trinajstić information content (AvgIpc) is 3.72. The average molecular weight is 683 g/mol. The molecule has 3 unspecified atom stereocenters. The fraction of sp³-hybridized carbons (Fsp3) is 0.545. The molecule has 3 fully saturated rings. The number of nitrogens with one attached hydrogen (secondary N) is 1. The second-order valence-corrected chi connectivity index (χ2v) is 14.2. The molecular weight excluding hydrogens is 656 g/mol. The van der Waals surface area contributed by atoms with Crippen LogP contribution < -0.4 is 16.9 Å². The quantitative estimate of drug-likeness (QED) is 0.131. The number of nitrogens with zero attached hydrogens (tertiary/aromatic N) is 8. The number of nitrogen functional groups attached to an aromatic ring is 1. The molecule has 0 radical (unpaired) electrons. The SMILES string of the molecule is Nc1ncnc2c1ncn2[C@H]1[C@H](O)[C@@H]2OP(=O)(O)OC[C@H]3O[C@@H](n4ncc5c4NN=NC5N)[C@H](OP(=O)(O)OC[C@]24C=C[C@H]14)[C@@H]3O. The first kappa shape index (κ1) is 30.1. The van der Waals surface area contributed by atoms with Crippen LogP contribution in [0.3, 0.4) is 0 Å². The Morgan fingerprint density at radius 2 is 1.89 bits per heavy atom. The lowest BCUT2D eigenvalue weighted by Gasteiger charge is -2.42. The van der Waals surface area contributed by atoms with Crippen molar-refractivity contribution in [2.75, 3.05) is 24.4 Å². The smallest absolute Gasteiger partial charge is 0.388 e. The van der Waals surface area contributed by atoms with Gasteiger partial charge in [-0.05, 0) is 0 Å². The van der Waals surface area contributed by atoms with Crippen LogP contribution in [0.25, 0.3) is 11.2 Å². The molecule has 8 rings (SSSR count). The maximum absolute atomic E-state index is 13.5. The summed E-state index contributed by atoms with van der Waals surface area (Å²) < 4.78 is 57.2. The van der Waals surface area contributed by atoms with E-state index in [1.165, 1.54) is 28.1 Å². The first-order valence-corrected chi connectivity index (χ1v) is 16.8. The molecule has 5 aliphatic rings. The van der Waals surface area contributed by atoms with Crippen LogP contribution in [0.15, 0.2) is 41.3 Å². The number of aliphatic hydroxyl groups is 2. The van der Waals surface area contributed by atoms with Gasteiger partial charge < -0.3 is 40.8 Å². The van der Waals surface area contributed by atoms with E-state index in [4.69, 9.17) is 34.3 Å². The maximum atomic E-state index is 13.5. The van der Waals surface area contributed by atoms with Gasteiger partial charge in [0.2, 0.25) is 0 Å². The predicted molar refractivity (Wildman–Crippen MR) is 149 cm³/mol. The minimum absolute atomic E-state index is 0.0971. The number of anilines is 2. The van der Waals surface area contributed by atoms with Gasteiger partial charge in [0.1, 0.15) is 42.4 Å². The van der Waals surface area contributed by atoms with E-state index in [0.717, 1.165) is 0 Å². The summed E-state index contributed by atoms with van der Waals surface area (Å²) >= 11 is 0. The minimum Gasteiger partial charge on any atom is -0.388 e. The normalized spacial score (nSPS) is 43.5. The van der Waals surface area contributed by atoms with Crippen LogP contribution in [0.1, 0.15) is 24.0 Å². The third-order valence-electron chi connectivity index (χ3n) is 8.92. The molecule has 46 heavy (non-hydrogen) atoms. The van der Waals surface area contributed by atoms with E-state index >= 15 is 0 Å². The van der Waals surface area contributed by atoms with Gasteiger partial charge in [0.15, 0.2) is 29.7 Å². The number of rotatable bonds is 2. The number of nitrogens with two attached hydrogens (primary N) is 2. The Morgan fingerprint density at radius 1 is 1.09 bits per heavy atom. The Labute approximate surface area is 257 Å². The molecule has 12 atom stereocenters. The molecule has 1 saturated carbocycles. The van der Waals surface area contributed by atoms with E-state index in [2.05, 4.69) is 35.8 Å². The van der Waals surface area contributed by atoms with Crippen molar-refractivity contribution >= 4 is 38.4 Å². The van der Waals surface area contributed by atoms with Crippen LogP contribution >= 0.6 is 15.6 Å². The number of phosphoric acid groups is 2. The van der Waals surface area contributed by atoms with E-state index < -0.39 is 89.1 Å². The maximum Gasteiger partial charge on any atom is 0.472 e. The minimum atomic E-state index is -5.05. The van der Waals surface area contributed by atoms with Gasteiger partial charge in [-0.1, -0.05) is 17.4 Å². The molecule has 22 nitrogen and oxygen atoms in total. The molecule has 24 heteroatoms. The van der Waals surface area contributed by atoms with Gasteiger partial charge in [0, 0.05) is 5.92 Å². The van der Waals surface area contributed by atoms with Gasteiger partial charge in [-0.25, -0.2) is 34.2 Å². The van der Waals surface area contributed by atoms with Crippen LogP contribution in [-0.2, 0) is 32.0 Å². The predicted octanol–water partition coefficient (Wildman–Crippen LogP) is -0.580. The molecule has 3 aliphatic heterocycles. The van der Waals surface area contributed by atoms with Gasteiger partial charge in [-0.3, -0.25) is 18.1 Å². The van der Waals surface area contributed by atoms with E-state index in [-0.39, 0.29) is 22.8 Å². The van der Waals surface area contributed by atoms with Crippen molar-refractivity contribution in [1.82, 2.24) is 29.3 Å². The zero-order valence-corrected chi connectivity index (χ0v) is 25.1. The van der Waals surface area contributed by atoms with Crippen molar-refractivity contribution in [3.05, 3.63) is 36.6 Å². The van der Waals surface area contributed by atoms with E-state index in [1.807, 2.05) is 0 Å². The van der Waals surface area contributed by atoms with Crippen molar-refractivity contribution in [3.8, 4) is 0 Å². The number of aromatic nitrogens is 6. The van der Waals surface area contributed by atoms with Gasteiger partial charge in [-0.15, -0.1) is 5.11 Å². The van der Waals surface area contributed by atoms with Crippen molar-refractivity contribution in [1.29, 1.82) is 0 Å². The Balaban J connectivity index is 1.14. The fourth-order valence-electron chi connectivity index (χ4n) is 6.68. The molecule has 9 N–H and O–H groups in total. The molecule has 3 aromatic heterocycles. The number of imidazole rings is 1. The topological polar surface area (TPSA) is 311 Å². The highest BCUT2D eigenvalue weighted by molar-refractivity contribution is 7.47. The van der Waals surface area contributed by atoms with Gasteiger partial charge in [0.25, 0.3) is 0 Å². The molecule has 6 heterocycles. The van der Waals surface area contributed by atoms with Crippen LogP contribution in [0, 0.1) is 11.3 Å². The summed E-state index contributed by atoms with van der Waals surface area (Å²) in [6.45, 7) is -1.37. The number of phosphoric ester groups is 2. The van der Waals surface area contributed by atoms with Crippen LogP contribution in [-0.4, -0.2) is 93.0 Å². The Kier molecular flexibility index (Phi) is 6.79. The zero-order chi connectivity index (χ0) is 32.2. The van der Waals surface area contributed by atoms with Crippen molar-refractivity contribution in [2.45, 2.75) is 49.0 Å². The van der Waals surface area contributed by atoms with Crippen molar-refractivity contribution < 1.29 is 52.0 Å². The highest BCUT2D eigenvalue weighted by atomic mass is 31.2. The van der Waals surface area contributed by atoms with Crippen LogP contribution in [0.2, 0.25) is 0 Å². The highest BCUT2D eigenvalue weighted by Crippen LogP contribution is 2.64. The summed E-state index contributed by atoms with van der Waals surface area (Å²) in [6, 6.07) is -0.905. The second-order valence-electron chi connectivity index (χ2n) is 11.4. The Bertz CT molecular complexity index is 1870. The molecule has 2 bridgehead atoms. The number of aliphatic hydroxyl groups excluding tert-OH is 2. The highest BCUT2D eigenvalue weighted by Gasteiger charge is 2.66. The first-order valence-electron chi connectivity index (χ1n) is 13.8. The van der Waals surface area contributed by atoms with E-state index in [1.54, 1.807) is 12.2 Å². The molecule has 0 aromatic carbocycles. The molecule has 2 saturated heterocycles. The molecule has 3 aromatic rings. The number of ether oxygens (including phenoxy) is 1. The monoisotopic (exact) mass is 683 g/mol. The summed E-state index contributed by atoms with van der Waals surface area (Å²) in [5.74, 6) is -0.390. The largest absolute Gasteiger partial charge is 0.472 e. The molecule has 1 spiro atoms. The fourth-order valence-corrected chi connectivity index (χ4v) is 8.67. The summed E-state index contributed by atoms with van der Waals surface area (Å²) in [5.41, 5.74) is 14.0. The standard InChI is InChI=1S/C22H27N11O11P2/c23-17-8-3-28-33(19(8)30-31-29-17)21-15-13(34)10(42-21)4-40-45(36,37)44-16-14(35)12(32-7-27-11-18(24)25-6-26-20(11)32)9-1-2-22(9,16)5-41-46(38,39)43-15/h1-3,6-7,9-10,12-17,21,34-35H,4-5,23H2,(H,29,30)(H,36,37)(H,38,39)(H2,24,25,26)/t9-,10-,12-,13-,14+,15-,16+,17?,21-,22+/m1/s1. The van der Waals surface area contributed by atoms with Crippen LogP contribution in [0.4, 0.5) is 11.6 Å². The Hall–Kier alpha value is -3.24. The van der Waals surface area contributed by atoms with Crippen LogP contribution in [0.5, 0.6) is 0 Å².